The summed E-state index contributed by atoms with van der Waals surface area (Å²) >= 11 is 0. The van der Waals surface area contributed by atoms with Crippen LogP contribution in [0.25, 0.3) is 0 Å². The summed E-state index contributed by atoms with van der Waals surface area (Å²) in [6.07, 6.45) is 0.975. The molecule has 1 unspecified atom stereocenters. The highest BCUT2D eigenvalue weighted by Crippen LogP contribution is 2.13. The number of likely N-dealkylation sites (tertiary alicyclic amines) is 1. The zero-order valence-corrected chi connectivity index (χ0v) is 11.0. The van der Waals surface area contributed by atoms with Crippen molar-refractivity contribution in [3.63, 3.8) is 0 Å². The molecule has 2 heterocycles. The normalized spacial score (nSPS) is 23.7. The molecule has 4 amide bonds. The number of nitrogens with zero attached hydrogens (tertiary/aromatic N) is 3. The molecule has 19 heavy (non-hydrogen) atoms. The molecule has 0 radical (unpaired) electrons. The summed E-state index contributed by atoms with van der Waals surface area (Å²) in [6.45, 7) is 1.38. The Morgan fingerprint density at radius 1 is 1.42 bits per heavy atom. The van der Waals surface area contributed by atoms with Crippen LogP contribution < -0.4 is 0 Å². The molecule has 1 N–H and O–H groups in total. The number of carbonyl (C=O) groups is 3. The molecule has 0 aromatic carbocycles. The zero-order chi connectivity index (χ0) is 14.0. The van der Waals surface area contributed by atoms with Crippen molar-refractivity contribution in [2.45, 2.75) is 25.4 Å². The van der Waals surface area contributed by atoms with Crippen molar-refractivity contribution in [1.82, 2.24) is 14.7 Å². The number of urea groups is 1. The van der Waals surface area contributed by atoms with Crippen molar-refractivity contribution in [2.24, 2.45) is 0 Å². The first-order valence-electron chi connectivity index (χ1n) is 6.50. The predicted molar refractivity (Wildman–Crippen MR) is 66.2 cm³/mol. The van der Waals surface area contributed by atoms with E-state index in [1.807, 2.05) is 0 Å². The number of amides is 4. The molecule has 0 spiro atoms. The maximum absolute atomic E-state index is 11.8. The predicted octanol–water partition coefficient (Wildman–Crippen LogP) is -0.746. The number of β-amino-alcohol motifs (C(OH)–C–C–N with tert-alkyl or cyclic N) is 1. The van der Waals surface area contributed by atoms with Crippen LogP contribution in [0.1, 0.15) is 19.3 Å². The number of aliphatic hydroxyl groups excluding tert-OH is 1. The fraction of sp³-hybridized carbons (Fsp3) is 0.750. The number of hydrogen-bond acceptors (Lipinski definition) is 4. The molecular weight excluding hydrogens is 250 g/mol. The highest BCUT2D eigenvalue weighted by Gasteiger charge is 2.33. The van der Waals surface area contributed by atoms with Crippen LogP contribution in [0.5, 0.6) is 0 Å². The summed E-state index contributed by atoms with van der Waals surface area (Å²) in [7, 11) is 1.58. The van der Waals surface area contributed by atoms with E-state index in [1.54, 1.807) is 11.9 Å². The van der Waals surface area contributed by atoms with E-state index in [0.29, 0.717) is 32.4 Å². The van der Waals surface area contributed by atoms with Crippen LogP contribution in [0.3, 0.4) is 0 Å². The van der Waals surface area contributed by atoms with Gasteiger partial charge < -0.3 is 14.9 Å². The third-order valence-electron chi connectivity index (χ3n) is 3.52. The Hall–Kier alpha value is -1.63. The minimum Gasteiger partial charge on any atom is -0.391 e. The molecule has 0 saturated carbocycles. The Bertz CT molecular complexity index is 398. The molecule has 106 valence electrons. The summed E-state index contributed by atoms with van der Waals surface area (Å²) in [4.78, 5) is 39.1. The molecule has 2 aliphatic rings. The van der Waals surface area contributed by atoms with E-state index < -0.39 is 6.10 Å². The van der Waals surface area contributed by atoms with E-state index in [0.717, 1.165) is 0 Å². The smallest absolute Gasteiger partial charge is 0.326 e. The van der Waals surface area contributed by atoms with E-state index in [9.17, 15) is 19.5 Å². The van der Waals surface area contributed by atoms with Gasteiger partial charge in [-0.2, -0.15) is 0 Å². The molecule has 7 nitrogen and oxygen atoms in total. The van der Waals surface area contributed by atoms with Gasteiger partial charge in [0.2, 0.25) is 11.8 Å². The Morgan fingerprint density at radius 3 is 2.68 bits per heavy atom. The van der Waals surface area contributed by atoms with E-state index in [2.05, 4.69) is 0 Å². The first-order chi connectivity index (χ1) is 8.99. The third-order valence-corrected chi connectivity index (χ3v) is 3.52. The standard InChI is InChI=1S/C12H19N3O4/c1-13-8-11(18)15(12(13)19)5-2-3-10(17)14-6-4-9(16)7-14/h9,16H,2-8H2,1H3. The average Bonchev–Trinajstić information content (AvgIpc) is 2.88. The minimum absolute atomic E-state index is 0.0241. The van der Waals surface area contributed by atoms with Gasteiger partial charge in [0.25, 0.3) is 0 Å². The quantitative estimate of drug-likeness (QED) is 0.681. The van der Waals surface area contributed by atoms with Gasteiger partial charge in [0, 0.05) is 33.1 Å². The SMILES string of the molecule is CN1CC(=O)N(CCCC(=O)N2CCC(O)C2)C1=O. The Morgan fingerprint density at radius 2 is 2.16 bits per heavy atom. The number of aliphatic hydroxyl groups is 1. The molecule has 2 rings (SSSR count). The third kappa shape index (κ3) is 3.04. The van der Waals surface area contributed by atoms with Crippen molar-refractivity contribution in [2.75, 3.05) is 33.2 Å². The van der Waals surface area contributed by atoms with Gasteiger partial charge in [-0.1, -0.05) is 0 Å². The molecule has 7 heteroatoms. The number of rotatable bonds is 4. The van der Waals surface area contributed by atoms with Crippen LogP contribution >= 0.6 is 0 Å². The van der Waals surface area contributed by atoms with Crippen LogP contribution in [-0.2, 0) is 9.59 Å². The lowest BCUT2D eigenvalue weighted by molar-refractivity contribution is -0.131. The van der Waals surface area contributed by atoms with Gasteiger partial charge in [-0.05, 0) is 12.8 Å². The van der Waals surface area contributed by atoms with Crippen molar-refractivity contribution in [3.8, 4) is 0 Å². The second-order valence-electron chi connectivity index (χ2n) is 5.07. The van der Waals surface area contributed by atoms with Crippen LogP contribution in [0, 0.1) is 0 Å². The zero-order valence-electron chi connectivity index (χ0n) is 11.0. The molecule has 2 fully saturated rings. The van der Waals surface area contributed by atoms with Crippen LogP contribution in [-0.4, -0.2) is 77.0 Å². The van der Waals surface area contributed by atoms with Crippen molar-refractivity contribution in [3.05, 3.63) is 0 Å². The summed E-state index contributed by atoms with van der Waals surface area (Å²) in [6, 6.07) is -0.297. The van der Waals surface area contributed by atoms with Crippen LogP contribution in [0.15, 0.2) is 0 Å². The maximum Gasteiger partial charge on any atom is 0.326 e. The van der Waals surface area contributed by atoms with Gasteiger partial charge in [0.1, 0.15) is 6.54 Å². The van der Waals surface area contributed by atoms with Crippen molar-refractivity contribution < 1.29 is 19.5 Å². The molecule has 0 aliphatic carbocycles. The molecular formula is C12H19N3O4. The van der Waals surface area contributed by atoms with Crippen molar-refractivity contribution in [1.29, 1.82) is 0 Å². The lowest BCUT2D eigenvalue weighted by Crippen LogP contribution is -2.34. The number of hydrogen-bond donors (Lipinski definition) is 1. The summed E-state index contributed by atoms with van der Waals surface area (Å²) in [5, 5.41) is 9.35. The molecule has 1 atom stereocenters. The average molecular weight is 269 g/mol. The highest BCUT2D eigenvalue weighted by molar-refractivity contribution is 6.01. The van der Waals surface area contributed by atoms with Crippen LogP contribution in [0.4, 0.5) is 4.79 Å². The molecule has 0 aromatic rings. The van der Waals surface area contributed by atoms with Crippen molar-refractivity contribution >= 4 is 17.8 Å². The van der Waals surface area contributed by atoms with Gasteiger partial charge in [0.05, 0.1) is 6.10 Å². The van der Waals surface area contributed by atoms with E-state index >= 15 is 0 Å². The largest absolute Gasteiger partial charge is 0.391 e. The first-order valence-corrected chi connectivity index (χ1v) is 6.50. The fourth-order valence-corrected chi connectivity index (χ4v) is 2.40. The minimum atomic E-state index is -0.417. The van der Waals surface area contributed by atoms with Gasteiger partial charge in [-0.15, -0.1) is 0 Å². The van der Waals surface area contributed by atoms with Gasteiger partial charge in [-0.25, -0.2) is 4.79 Å². The monoisotopic (exact) mass is 269 g/mol. The van der Waals surface area contributed by atoms with E-state index in [-0.39, 0.29) is 30.9 Å². The Labute approximate surface area is 111 Å². The molecule has 0 aromatic heterocycles. The molecule has 2 saturated heterocycles. The van der Waals surface area contributed by atoms with Gasteiger partial charge in [0.15, 0.2) is 0 Å². The Kier molecular flexibility index (Phi) is 4.04. The number of imide groups is 1. The Balaban J connectivity index is 1.73. The number of likely N-dealkylation sites (N-methyl/N-ethyl adjacent to an activating group) is 1. The van der Waals surface area contributed by atoms with Gasteiger partial charge >= 0.3 is 6.03 Å². The van der Waals surface area contributed by atoms with E-state index in [4.69, 9.17) is 0 Å². The highest BCUT2D eigenvalue weighted by atomic mass is 16.3. The second-order valence-corrected chi connectivity index (χ2v) is 5.07. The number of carbonyl (C=O) groups excluding carboxylic acids is 3. The maximum atomic E-state index is 11.8. The summed E-state index contributed by atoms with van der Waals surface area (Å²) in [5.41, 5.74) is 0. The lowest BCUT2D eigenvalue weighted by Gasteiger charge is -2.17. The summed E-state index contributed by atoms with van der Waals surface area (Å²) in [5.74, 6) is -0.236. The van der Waals surface area contributed by atoms with Crippen LogP contribution in [0.2, 0.25) is 0 Å². The summed E-state index contributed by atoms with van der Waals surface area (Å²) < 4.78 is 0. The van der Waals surface area contributed by atoms with Gasteiger partial charge in [-0.3, -0.25) is 14.5 Å². The topological polar surface area (TPSA) is 81.2 Å². The van der Waals surface area contributed by atoms with E-state index in [1.165, 1.54) is 9.80 Å². The molecule has 0 bridgehead atoms. The molecule has 2 aliphatic heterocycles. The fourth-order valence-electron chi connectivity index (χ4n) is 2.40. The first kappa shape index (κ1) is 13.8. The lowest BCUT2D eigenvalue weighted by atomic mass is 10.2. The second kappa shape index (κ2) is 5.56.